The number of benzene rings is 2. The van der Waals surface area contributed by atoms with Gasteiger partial charge in [-0.3, -0.25) is 4.72 Å². The van der Waals surface area contributed by atoms with Gasteiger partial charge in [0.2, 0.25) is 0 Å². The molecule has 100 valence electrons. The quantitative estimate of drug-likeness (QED) is 0.592. The van der Waals surface area contributed by atoms with E-state index in [4.69, 9.17) is 5.73 Å². The van der Waals surface area contributed by atoms with Crippen molar-refractivity contribution in [1.82, 2.24) is 0 Å². The van der Waals surface area contributed by atoms with Gasteiger partial charge in [0.1, 0.15) is 11.6 Å². The second kappa shape index (κ2) is 4.77. The molecule has 0 fully saturated rings. The van der Waals surface area contributed by atoms with Crippen LogP contribution in [-0.2, 0) is 10.0 Å². The first-order chi connectivity index (χ1) is 8.88. The van der Waals surface area contributed by atoms with Crippen molar-refractivity contribution >= 4 is 21.4 Å². The molecule has 0 bridgehead atoms. The number of halogens is 1. The van der Waals surface area contributed by atoms with Crippen molar-refractivity contribution in [2.24, 2.45) is 0 Å². The van der Waals surface area contributed by atoms with Crippen molar-refractivity contribution in [1.29, 1.82) is 0 Å². The van der Waals surface area contributed by atoms with Crippen LogP contribution in [0.25, 0.3) is 0 Å². The Hall–Kier alpha value is -2.28. The summed E-state index contributed by atoms with van der Waals surface area (Å²) in [6.45, 7) is 0. The van der Waals surface area contributed by atoms with Crippen LogP contribution in [0, 0.1) is 5.82 Å². The van der Waals surface area contributed by atoms with E-state index in [1.807, 2.05) is 0 Å². The van der Waals surface area contributed by atoms with Crippen LogP contribution >= 0.6 is 0 Å². The molecule has 0 aliphatic rings. The van der Waals surface area contributed by atoms with Crippen molar-refractivity contribution in [3.05, 3.63) is 48.3 Å². The summed E-state index contributed by atoms with van der Waals surface area (Å²) in [5, 5.41) is 9.18. The SMILES string of the molecule is Nc1cc(O)ccc1NS(=O)(=O)c1ccc(F)cc1. The molecule has 0 aromatic heterocycles. The molecule has 0 unspecified atom stereocenters. The van der Waals surface area contributed by atoms with E-state index in [1.165, 1.54) is 18.2 Å². The van der Waals surface area contributed by atoms with E-state index in [9.17, 15) is 17.9 Å². The van der Waals surface area contributed by atoms with E-state index in [2.05, 4.69) is 4.72 Å². The Bertz CT molecular complexity index is 699. The van der Waals surface area contributed by atoms with Crippen LogP contribution in [0.3, 0.4) is 0 Å². The minimum atomic E-state index is -3.84. The van der Waals surface area contributed by atoms with Crippen molar-refractivity contribution in [3.63, 3.8) is 0 Å². The zero-order valence-corrected chi connectivity index (χ0v) is 10.5. The van der Waals surface area contributed by atoms with Crippen LogP contribution in [0.1, 0.15) is 0 Å². The lowest BCUT2D eigenvalue weighted by molar-refractivity contribution is 0.475. The number of aromatic hydroxyl groups is 1. The third kappa shape index (κ3) is 2.94. The van der Waals surface area contributed by atoms with Gasteiger partial charge in [-0.2, -0.15) is 0 Å². The monoisotopic (exact) mass is 282 g/mol. The third-order valence-corrected chi connectivity index (χ3v) is 3.78. The predicted molar refractivity (Wildman–Crippen MR) is 69.7 cm³/mol. The highest BCUT2D eigenvalue weighted by Gasteiger charge is 2.15. The third-order valence-electron chi connectivity index (χ3n) is 2.40. The molecular formula is C12H11FN2O3S. The van der Waals surface area contributed by atoms with Crippen LogP contribution in [0.15, 0.2) is 47.4 Å². The lowest BCUT2D eigenvalue weighted by Crippen LogP contribution is -2.14. The molecule has 0 atom stereocenters. The number of nitrogens with two attached hydrogens (primary N) is 1. The molecule has 5 nitrogen and oxygen atoms in total. The molecule has 0 radical (unpaired) electrons. The fourth-order valence-electron chi connectivity index (χ4n) is 1.46. The molecule has 2 rings (SSSR count). The Balaban J connectivity index is 2.33. The number of anilines is 2. The minimum absolute atomic E-state index is 0.0674. The first-order valence-electron chi connectivity index (χ1n) is 5.25. The van der Waals surface area contributed by atoms with Crippen molar-refractivity contribution in [2.45, 2.75) is 4.90 Å². The Kier molecular flexibility index (Phi) is 3.30. The first-order valence-corrected chi connectivity index (χ1v) is 6.74. The maximum absolute atomic E-state index is 12.7. The number of phenolic OH excluding ortho intramolecular Hbond substituents is 1. The van der Waals surface area contributed by atoms with E-state index in [1.54, 1.807) is 0 Å². The van der Waals surface area contributed by atoms with Gasteiger partial charge in [0.25, 0.3) is 10.0 Å². The van der Waals surface area contributed by atoms with Gasteiger partial charge < -0.3 is 10.8 Å². The van der Waals surface area contributed by atoms with Gasteiger partial charge in [-0.05, 0) is 36.4 Å². The molecule has 0 saturated heterocycles. The number of nitrogen functional groups attached to an aromatic ring is 1. The first kappa shape index (κ1) is 13.2. The summed E-state index contributed by atoms with van der Waals surface area (Å²) in [5.74, 6) is -0.592. The van der Waals surface area contributed by atoms with Gasteiger partial charge >= 0.3 is 0 Å². The number of nitrogens with one attached hydrogen (secondary N) is 1. The molecule has 0 aliphatic carbocycles. The van der Waals surface area contributed by atoms with Crippen LogP contribution < -0.4 is 10.5 Å². The molecule has 0 heterocycles. The van der Waals surface area contributed by atoms with E-state index in [0.29, 0.717) is 0 Å². The summed E-state index contributed by atoms with van der Waals surface area (Å²) in [6.07, 6.45) is 0. The molecular weight excluding hydrogens is 271 g/mol. The van der Waals surface area contributed by atoms with Gasteiger partial charge in [-0.15, -0.1) is 0 Å². The normalized spacial score (nSPS) is 11.2. The summed E-state index contributed by atoms with van der Waals surface area (Å²) < 4.78 is 39.0. The molecule has 7 heteroatoms. The van der Waals surface area contributed by atoms with Crippen molar-refractivity contribution in [2.75, 3.05) is 10.5 Å². The van der Waals surface area contributed by atoms with Crippen LogP contribution in [-0.4, -0.2) is 13.5 Å². The zero-order chi connectivity index (χ0) is 14.0. The standard InChI is InChI=1S/C12H11FN2O3S/c13-8-1-4-10(5-2-8)19(17,18)15-12-6-3-9(16)7-11(12)14/h1-7,15-16H,14H2. The number of rotatable bonds is 3. The maximum Gasteiger partial charge on any atom is 0.261 e. The predicted octanol–water partition coefficient (Wildman–Crippen LogP) is 1.91. The van der Waals surface area contributed by atoms with Gasteiger partial charge in [-0.25, -0.2) is 12.8 Å². The van der Waals surface area contributed by atoms with Crippen molar-refractivity contribution < 1.29 is 17.9 Å². The molecule has 0 aliphatic heterocycles. The number of hydrogen-bond donors (Lipinski definition) is 3. The summed E-state index contributed by atoms with van der Waals surface area (Å²) in [5.41, 5.74) is 5.81. The zero-order valence-electron chi connectivity index (χ0n) is 9.67. The Labute approximate surface area is 109 Å². The van der Waals surface area contributed by atoms with Crippen molar-refractivity contribution in [3.8, 4) is 5.75 Å². The largest absolute Gasteiger partial charge is 0.508 e. The number of phenols is 1. The molecule has 0 amide bonds. The second-order valence-corrected chi connectivity index (χ2v) is 5.51. The molecule has 0 saturated carbocycles. The second-order valence-electron chi connectivity index (χ2n) is 3.83. The molecule has 19 heavy (non-hydrogen) atoms. The number of sulfonamides is 1. The minimum Gasteiger partial charge on any atom is -0.508 e. The average Bonchev–Trinajstić information content (AvgIpc) is 2.33. The highest BCUT2D eigenvalue weighted by atomic mass is 32.2. The van der Waals surface area contributed by atoms with E-state index in [0.717, 1.165) is 24.3 Å². The summed E-state index contributed by atoms with van der Waals surface area (Å²) in [6, 6.07) is 8.26. The summed E-state index contributed by atoms with van der Waals surface area (Å²) in [7, 11) is -3.84. The van der Waals surface area contributed by atoms with E-state index < -0.39 is 15.8 Å². The Morgan fingerprint density at radius 2 is 1.74 bits per heavy atom. The molecule has 2 aromatic rings. The van der Waals surface area contributed by atoms with Gasteiger partial charge in [-0.1, -0.05) is 0 Å². The van der Waals surface area contributed by atoms with Crippen LogP contribution in [0.4, 0.5) is 15.8 Å². The molecule has 0 spiro atoms. The van der Waals surface area contributed by atoms with Crippen LogP contribution in [0.2, 0.25) is 0 Å². The Morgan fingerprint density at radius 3 is 2.32 bits per heavy atom. The van der Waals surface area contributed by atoms with E-state index in [-0.39, 0.29) is 22.0 Å². The highest BCUT2D eigenvalue weighted by molar-refractivity contribution is 7.92. The lowest BCUT2D eigenvalue weighted by atomic mass is 10.2. The van der Waals surface area contributed by atoms with Gasteiger partial charge in [0.15, 0.2) is 0 Å². The average molecular weight is 282 g/mol. The summed E-state index contributed by atoms with van der Waals surface area (Å²) in [4.78, 5) is -0.0821. The molecule has 2 aromatic carbocycles. The van der Waals surface area contributed by atoms with Crippen LogP contribution in [0.5, 0.6) is 5.75 Å². The maximum atomic E-state index is 12.7. The number of hydrogen-bond acceptors (Lipinski definition) is 4. The molecule has 4 N–H and O–H groups in total. The smallest absolute Gasteiger partial charge is 0.261 e. The Morgan fingerprint density at radius 1 is 1.11 bits per heavy atom. The fraction of sp³-hybridized carbons (Fsp3) is 0. The summed E-state index contributed by atoms with van der Waals surface area (Å²) >= 11 is 0. The lowest BCUT2D eigenvalue weighted by Gasteiger charge is -2.10. The van der Waals surface area contributed by atoms with E-state index >= 15 is 0 Å². The highest BCUT2D eigenvalue weighted by Crippen LogP contribution is 2.25. The fourth-order valence-corrected chi connectivity index (χ4v) is 2.55. The van der Waals surface area contributed by atoms with Gasteiger partial charge in [0, 0.05) is 6.07 Å². The topological polar surface area (TPSA) is 92.4 Å². The van der Waals surface area contributed by atoms with Gasteiger partial charge in [0.05, 0.1) is 16.3 Å².